The third-order valence-corrected chi connectivity index (χ3v) is 3.22. The van der Waals surface area contributed by atoms with Gasteiger partial charge in [-0.1, -0.05) is 24.3 Å². The Labute approximate surface area is 144 Å². The monoisotopic (exact) mass is 337 g/mol. The number of methoxy groups -OCH3 is 1. The quantitative estimate of drug-likeness (QED) is 0.335. The lowest BCUT2D eigenvalue weighted by Gasteiger charge is -2.09. The summed E-state index contributed by atoms with van der Waals surface area (Å²) in [5.74, 6) is -1.33. The van der Waals surface area contributed by atoms with E-state index in [1.54, 1.807) is 36.4 Å². The van der Waals surface area contributed by atoms with Gasteiger partial charge in [-0.05, 0) is 24.3 Å². The van der Waals surface area contributed by atoms with Crippen molar-refractivity contribution in [1.29, 1.82) is 5.26 Å². The molecular formula is C18H15N3O4. The molecule has 7 nitrogen and oxygen atoms in total. The molecule has 0 radical (unpaired) electrons. The Bertz CT molecular complexity index is 869. The molecule has 2 rings (SSSR count). The van der Waals surface area contributed by atoms with Crippen LogP contribution in [0, 0.1) is 11.3 Å². The van der Waals surface area contributed by atoms with Crippen molar-refractivity contribution >= 4 is 23.3 Å². The number of phenolic OH excluding ortho intramolecular Hbond substituents is 1. The number of amides is 1. The zero-order valence-electron chi connectivity index (χ0n) is 13.3. The van der Waals surface area contributed by atoms with E-state index < -0.39 is 11.9 Å². The third kappa shape index (κ3) is 4.36. The van der Waals surface area contributed by atoms with Gasteiger partial charge in [0.15, 0.2) is 0 Å². The van der Waals surface area contributed by atoms with Crippen LogP contribution in [-0.2, 0) is 9.53 Å². The molecule has 0 spiro atoms. The summed E-state index contributed by atoms with van der Waals surface area (Å²) in [6.07, 6.45) is 1.17. The second-order valence-electron chi connectivity index (χ2n) is 4.82. The van der Waals surface area contributed by atoms with Gasteiger partial charge in [0.25, 0.3) is 5.91 Å². The smallest absolute Gasteiger partial charge is 0.339 e. The number of aromatic hydroxyl groups is 1. The van der Waals surface area contributed by atoms with Crippen molar-refractivity contribution in [1.82, 2.24) is 0 Å². The van der Waals surface area contributed by atoms with E-state index in [4.69, 9.17) is 0 Å². The third-order valence-electron chi connectivity index (χ3n) is 3.22. The van der Waals surface area contributed by atoms with Crippen LogP contribution in [0.25, 0.3) is 0 Å². The van der Waals surface area contributed by atoms with Crippen LogP contribution in [0.2, 0.25) is 0 Å². The molecule has 0 fully saturated rings. The molecule has 0 aliphatic heterocycles. The molecule has 0 atom stereocenters. The maximum atomic E-state index is 12.3. The van der Waals surface area contributed by atoms with Crippen molar-refractivity contribution in [3.05, 3.63) is 65.9 Å². The molecule has 0 aromatic heterocycles. The Hall–Kier alpha value is -3.79. The lowest BCUT2D eigenvalue weighted by molar-refractivity contribution is -0.112. The number of nitrogens with one attached hydrogen (secondary N) is 2. The van der Waals surface area contributed by atoms with Gasteiger partial charge < -0.3 is 20.5 Å². The van der Waals surface area contributed by atoms with Gasteiger partial charge in [-0.2, -0.15) is 5.26 Å². The van der Waals surface area contributed by atoms with Crippen LogP contribution in [0.3, 0.4) is 0 Å². The van der Waals surface area contributed by atoms with Crippen molar-refractivity contribution in [3.8, 4) is 11.8 Å². The lowest BCUT2D eigenvalue weighted by Crippen LogP contribution is -2.17. The van der Waals surface area contributed by atoms with Crippen LogP contribution in [0.4, 0.5) is 11.4 Å². The Balaban J connectivity index is 2.19. The highest BCUT2D eigenvalue weighted by molar-refractivity contribution is 6.09. The number of anilines is 2. The highest BCUT2D eigenvalue weighted by Gasteiger charge is 2.15. The van der Waals surface area contributed by atoms with E-state index in [0.29, 0.717) is 5.69 Å². The van der Waals surface area contributed by atoms with E-state index in [0.717, 1.165) is 0 Å². The molecule has 2 aromatic rings. The summed E-state index contributed by atoms with van der Waals surface area (Å²) in [6, 6.07) is 14.4. The number of ether oxygens (including phenoxy) is 1. The minimum absolute atomic E-state index is 0.0208. The van der Waals surface area contributed by atoms with Crippen LogP contribution in [0.15, 0.2) is 60.3 Å². The average Bonchev–Trinajstić information content (AvgIpc) is 2.63. The maximum absolute atomic E-state index is 12.3. The van der Waals surface area contributed by atoms with E-state index in [-0.39, 0.29) is 22.6 Å². The number of carbonyl (C=O) groups excluding carboxylic acids is 2. The van der Waals surface area contributed by atoms with Crippen molar-refractivity contribution in [2.24, 2.45) is 0 Å². The number of phenols is 1. The Kier molecular flexibility index (Phi) is 5.74. The molecule has 7 heteroatoms. The SMILES string of the molecule is COC(=O)c1ccccc1NC(=O)/C(C#N)=C\Nc1ccccc1O. The van der Waals surface area contributed by atoms with Crippen molar-refractivity contribution in [2.45, 2.75) is 0 Å². The normalized spacial score (nSPS) is 10.5. The van der Waals surface area contributed by atoms with Gasteiger partial charge in [0.05, 0.1) is 24.0 Å². The van der Waals surface area contributed by atoms with E-state index in [1.165, 1.54) is 31.5 Å². The molecule has 3 N–H and O–H groups in total. The van der Waals surface area contributed by atoms with Gasteiger partial charge in [0.2, 0.25) is 0 Å². The summed E-state index contributed by atoms with van der Waals surface area (Å²) >= 11 is 0. The predicted molar refractivity (Wildman–Crippen MR) is 91.8 cm³/mol. The first-order chi connectivity index (χ1) is 12.1. The van der Waals surface area contributed by atoms with E-state index in [9.17, 15) is 20.0 Å². The second kappa shape index (κ2) is 8.17. The number of nitrogens with zero attached hydrogens (tertiary/aromatic N) is 1. The number of nitriles is 1. The van der Waals surface area contributed by atoms with Crippen molar-refractivity contribution in [3.63, 3.8) is 0 Å². The zero-order valence-corrected chi connectivity index (χ0v) is 13.3. The minimum Gasteiger partial charge on any atom is -0.506 e. The summed E-state index contributed by atoms with van der Waals surface area (Å²) in [7, 11) is 1.23. The number of benzene rings is 2. The molecule has 126 valence electrons. The molecular weight excluding hydrogens is 322 g/mol. The number of hydrogen-bond donors (Lipinski definition) is 3. The lowest BCUT2D eigenvalue weighted by atomic mass is 10.1. The van der Waals surface area contributed by atoms with Gasteiger partial charge >= 0.3 is 5.97 Å². The number of rotatable bonds is 5. The van der Waals surface area contributed by atoms with Gasteiger partial charge in [-0.15, -0.1) is 0 Å². The summed E-state index contributed by atoms with van der Waals surface area (Å²) in [4.78, 5) is 24.0. The molecule has 0 saturated heterocycles. The van der Waals surface area contributed by atoms with E-state index in [1.807, 2.05) is 0 Å². The first kappa shape index (κ1) is 17.6. The molecule has 2 aromatic carbocycles. The van der Waals surface area contributed by atoms with Gasteiger partial charge in [0, 0.05) is 6.20 Å². The van der Waals surface area contributed by atoms with Crippen molar-refractivity contribution in [2.75, 3.05) is 17.7 Å². The number of esters is 1. The summed E-state index contributed by atoms with van der Waals surface area (Å²) in [5, 5.41) is 24.0. The zero-order chi connectivity index (χ0) is 18.2. The minimum atomic E-state index is -0.707. The van der Waals surface area contributed by atoms with Crippen LogP contribution in [-0.4, -0.2) is 24.1 Å². The molecule has 0 bridgehead atoms. The van der Waals surface area contributed by atoms with Crippen LogP contribution >= 0.6 is 0 Å². The number of carbonyl (C=O) groups is 2. The Morgan fingerprint density at radius 1 is 1.12 bits per heavy atom. The molecule has 0 saturated carbocycles. The summed E-state index contributed by atoms with van der Waals surface area (Å²) < 4.78 is 4.65. The molecule has 0 heterocycles. The fraction of sp³-hybridized carbons (Fsp3) is 0.0556. The summed E-state index contributed by atoms with van der Waals surface area (Å²) in [5.41, 5.74) is 0.508. The highest BCUT2D eigenvalue weighted by Crippen LogP contribution is 2.22. The second-order valence-corrected chi connectivity index (χ2v) is 4.82. The van der Waals surface area contributed by atoms with Gasteiger partial charge in [0.1, 0.15) is 17.4 Å². The Morgan fingerprint density at radius 2 is 1.76 bits per heavy atom. The van der Waals surface area contributed by atoms with E-state index in [2.05, 4.69) is 15.4 Å². The predicted octanol–water partition coefficient (Wildman–Crippen LogP) is 2.64. The van der Waals surface area contributed by atoms with E-state index >= 15 is 0 Å². The maximum Gasteiger partial charge on any atom is 0.339 e. The Morgan fingerprint density at radius 3 is 2.40 bits per heavy atom. The first-order valence-corrected chi connectivity index (χ1v) is 7.20. The largest absolute Gasteiger partial charge is 0.506 e. The molecule has 0 aliphatic rings. The van der Waals surface area contributed by atoms with Gasteiger partial charge in [-0.3, -0.25) is 4.79 Å². The number of hydrogen-bond acceptors (Lipinski definition) is 6. The average molecular weight is 337 g/mol. The fourth-order valence-corrected chi connectivity index (χ4v) is 1.96. The van der Waals surface area contributed by atoms with Crippen LogP contribution in [0.5, 0.6) is 5.75 Å². The first-order valence-electron chi connectivity index (χ1n) is 7.20. The van der Waals surface area contributed by atoms with Gasteiger partial charge in [-0.25, -0.2) is 4.79 Å². The van der Waals surface area contributed by atoms with Crippen molar-refractivity contribution < 1.29 is 19.4 Å². The molecule has 0 aliphatic carbocycles. The van der Waals surface area contributed by atoms with Crippen LogP contribution < -0.4 is 10.6 Å². The molecule has 0 unspecified atom stereocenters. The molecule has 25 heavy (non-hydrogen) atoms. The number of para-hydroxylation sites is 3. The topological polar surface area (TPSA) is 111 Å². The fourth-order valence-electron chi connectivity index (χ4n) is 1.96. The summed E-state index contributed by atoms with van der Waals surface area (Å²) in [6.45, 7) is 0. The van der Waals surface area contributed by atoms with Crippen LogP contribution in [0.1, 0.15) is 10.4 Å². The molecule has 1 amide bonds. The highest BCUT2D eigenvalue weighted by atomic mass is 16.5. The standard InChI is InChI=1S/C18H15N3O4/c1-25-18(24)13-6-2-3-7-14(13)21-17(23)12(10-19)11-20-15-8-4-5-9-16(15)22/h2-9,11,20,22H,1H3,(H,21,23)/b12-11-.